The van der Waals surface area contributed by atoms with E-state index in [4.69, 9.17) is 5.11 Å². The molecule has 1 rings (SSSR count). The molecule has 0 aliphatic carbocycles. The number of ether oxygens (including phenoxy) is 1. The molecule has 10 heteroatoms. The van der Waals surface area contributed by atoms with Gasteiger partial charge in [0.05, 0.1) is 7.11 Å². The number of nitrogens with zero attached hydrogens (tertiary/aromatic N) is 2. The second-order valence-electron chi connectivity index (χ2n) is 4.06. The van der Waals surface area contributed by atoms with Crippen LogP contribution in [0.2, 0.25) is 0 Å². The molecule has 1 aromatic rings. The quantitative estimate of drug-likeness (QED) is 0.755. The highest BCUT2D eigenvalue weighted by Gasteiger charge is 2.34. The van der Waals surface area contributed by atoms with E-state index in [2.05, 4.69) is 9.11 Å². The molecule has 0 radical (unpaired) electrons. The van der Waals surface area contributed by atoms with Crippen molar-refractivity contribution in [3.05, 3.63) is 11.1 Å². The molecule has 0 spiro atoms. The first-order chi connectivity index (χ1) is 9.21. The smallest absolute Gasteiger partial charge is 0.359 e. The second kappa shape index (κ2) is 6.29. The predicted molar refractivity (Wildman–Crippen MR) is 70.1 cm³/mol. The zero-order valence-corrected chi connectivity index (χ0v) is 12.7. The van der Waals surface area contributed by atoms with Gasteiger partial charge in [0.1, 0.15) is 11.4 Å². The molecule has 0 fully saturated rings. The van der Waals surface area contributed by atoms with Crippen LogP contribution in [0.4, 0.5) is 0 Å². The van der Waals surface area contributed by atoms with Crippen molar-refractivity contribution in [3.63, 3.8) is 0 Å². The molecule has 1 aromatic heterocycles. The highest BCUT2D eigenvalue weighted by atomic mass is 32.2. The van der Waals surface area contributed by atoms with E-state index in [9.17, 15) is 18.0 Å². The predicted octanol–water partition coefficient (Wildman–Crippen LogP) is 0.413. The number of aromatic nitrogens is 1. The summed E-state index contributed by atoms with van der Waals surface area (Å²) in [5.41, 5.74) is -0.339. The first kappa shape index (κ1) is 16.5. The number of carboxylic acid groups (broad SMARTS) is 1. The largest absolute Gasteiger partial charge is 0.480 e. The summed E-state index contributed by atoms with van der Waals surface area (Å²) in [6.45, 7) is 2.38. The number of methoxy groups -OCH3 is 1. The summed E-state index contributed by atoms with van der Waals surface area (Å²) in [7, 11) is -3.03. The maximum absolute atomic E-state index is 12.4. The molecule has 112 valence electrons. The highest BCUT2D eigenvalue weighted by Crippen LogP contribution is 2.23. The van der Waals surface area contributed by atoms with Crippen molar-refractivity contribution >= 4 is 33.5 Å². The molecule has 0 aliphatic heterocycles. The van der Waals surface area contributed by atoms with Crippen molar-refractivity contribution in [2.24, 2.45) is 0 Å². The Hall–Kier alpha value is -1.52. The molecule has 20 heavy (non-hydrogen) atoms. The van der Waals surface area contributed by atoms with Gasteiger partial charge in [-0.1, -0.05) is 0 Å². The third kappa shape index (κ3) is 3.32. The summed E-state index contributed by atoms with van der Waals surface area (Å²) >= 11 is 0.781. The third-order valence-electron chi connectivity index (χ3n) is 2.37. The van der Waals surface area contributed by atoms with Crippen LogP contribution >= 0.6 is 11.5 Å². The van der Waals surface area contributed by atoms with Gasteiger partial charge in [-0.15, -0.1) is 0 Å². The van der Waals surface area contributed by atoms with E-state index in [1.807, 2.05) is 0 Å². The summed E-state index contributed by atoms with van der Waals surface area (Å²) in [5.74, 6) is -2.17. The molecule has 0 saturated heterocycles. The van der Waals surface area contributed by atoms with Crippen LogP contribution < -0.4 is 0 Å². The zero-order valence-electron chi connectivity index (χ0n) is 11.1. The summed E-state index contributed by atoms with van der Waals surface area (Å²) in [6, 6.07) is -0.582. The van der Waals surface area contributed by atoms with Crippen LogP contribution in [-0.4, -0.2) is 53.8 Å². The van der Waals surface area contributed by atoms with Crippen molar-refractivity contribution < 1.29 is 27.9 Å². The first-order valence-corrected chi connectivity index (χ1v) is 7.75. The summed E-state index contributed by atoms with van der Waals surface area (Å²) < 4.78 is 33.8. The van der Waals surface area contributed by atoms with Gasteiger partial charge in [0, 0.05) is 11.4 Å². The summed E-state index contributed by atoms with van der Waals surface area (Å²) in [6.07, 6.45) is 0. The molecule has 1 N–H and O–H groups in total. The van der Waals surface area contributed by atoms with Gasteiger partial charge in [0.25, 0.3) is 0 Å². The highest BCUT2D eigenvalue weighted by molar-refractivity contribution is 7.89. The maximum atomic E-state index is 12.4. The van der Waals surface area contributed by atoms with Crippen molar-refractivity contribution in [2.75, 3.05) is 13.7 Å². The van der Waals surface area contributed by atoms with Crippen LogP contribution in [-0.2, 0) is 19.6 Å². The molecule has 0 saturated carbocycles. The lowest BCUT2D eigenvalue weighted by Gasteiger charge is -2.23. The molecule has 1 heterocycles. The number of carbonyl (C=O) groups is 2. The van der Waals surface area contributed by atoms with Gasteiger partial charge in [-0.05, 0) is 25.4 Å². The van der Waals surface area contributed by atoms with E-state index in [0.717, 1.165) is 22.9 Å². The van der Waals surface area contributed by atoms with Crippen LogP contribution in [0.1, 0.15) is 24.3 Å². The monoisotopic (exact) mass is 322 g/mol. The molecular formula is C10H14N2O6S2. The van der Waals surface area contributed by atoms with Crippen molar-refractivity contribution in [2.45, 2.75) is 24.8 Å². The van der Waals surface area contributed by atoms with E-state index < -0.39 is 34.5 Å². The lowest BCUT2D eigenvalue weighted by molar-refractivity contribution is -0.137. The maximum Gasteiger partial charge on any atom is 0.359 e. The molecule has 0 atom stereocenters. The number of carbonyl (C=O) groups excluding carboxylic acids is 1. The second-order valence-corrected chi connectivity index (χ2v) is 6.54. The molecule has 0 amide bonds. The normalized spacial score (nSPS) is 11.8. The Morgan fingerprint density at radius 3 is 2.55 bits per heavy atom. The lowest BCUT2D eigenvalue weighted by Crippen LogP contribution is -2.41. The standard InChI is InChI=1S/C10H14N2O6S2/c1-6(2)12(4-8(13)14)20(16,17)7-5-19-11-9(7)10(15)18-3/h5-6H,4H2,1-3H3,(H,13,14). The Morgan fingerprint density at radius 1 is 1.50 bits per heavy atom. The number of hydrogen-bond donors (Lipinski definition) is 1. The van der Waals surface area contributed by atoms with Gasteiger partial charge in [0.15, 0.2) is 5.69 Å². The number of hydrogen-bond acceptors (Lipinski definition) is 7. The topological polar surface area (TPSA) is 114 Å². The molecular weight excluding hydrogens is 308 g/mol. The SMILES string of the molecule is COC(=O)c1nscc1S(=O)(=O)N(CC(=O)O)C(C)C. The first-order valence-electron chi connectivity index (χ1n) is 5.48. The van der Waals surface area contributed by atoms with Gasteiger partial charge in [0.2, 0.25) is 10.0 Å². The average Bonchev–Trinajstić information content (AvgIpc) is 2.84. The fourth-order valence-electron chi connectivity index (χ4n) is 1.45. The van der Waals surface area contributed by atoms with E-state index in [-0.39, 0.29) is 10.6 Å². The number of carboxylic acids is 1. The summed E-state index contributed by atoms with van der Waals surface area (Å²) in [4.78, 5) is 21.9. The van der Waals surface area contributed by atoms with Crippen molar-refractivity contribution in [1.82, 2.24) is 8.68 Å². The molecule has 0 aromatic carbocycles. The van der Waals surface area contributed by atoms with Crippen molar-refractivity contribution in [3.8, 4) is 0 Å². The average molecular weight is 322 g/mol. The fourth-order valence-corrected chi connectivity index (χ4v) is 4.12. The van der Waals surface area contributed by atoms with E-state index in [1.165, 1.54) is 19.2 Å². The van der Waals surface area contributed by atoms with Crippen LogP contribution in [0.15, 0.2) is 10.3 Å². The Kier molecular flexibility index (Phi) is 5.20. The van der Waals surface area contributed by atoms with Crippen LogP contribution in [0.5, 0.6) is 0 Å². The third-order valence-corrected chi connectivity index (χ3v) is 5.18. The molecule has 8 nitrogen and oxygen atoms in total. The number of aliphatic carboxylic acids is 1. The minimum Gasteiger partial charge on any atom is -0.480 e. The molecule has 0 aliphatic rings. The zero-order chi connectivity index (χ0) is 15.5. The van der Waals surface area contributed by atoms with Gasteiger partial charge < -0.3 is 9.84 Å². The Morgan fingerprint density at radius 2 is 2.10 bits per heavy atom. The Bertz CT molecular complexity index is 607. The minimum absolute atomic E-state index is 0.339. The number of rotatable bonds is 6. The molecule has 0 unspecified atom stereocenters. The van der Waals surface area contributed by atoms with Gasteiger partial charge >= 0.3 is 11.9 Å². The minimum atomic E-state index is -4.14. The Labute approximate surface area is 120 Å². The van der Waals surface area contributed by atoms with Crippen LogP contribution in [0, 0.1) is 0 Å². The Balaban J connectivity index is 3.31. The van der Waals surface area contributed by atoms with Gasteiger partial charge in [-0.3, -0.25) is 4.79 Å². The van der Waals surface area contributed by atoms with E-state index in [0.29, 0.717) is 0 Å². The molecule has 0 bridgehead atoms. The lowest BCUT2D eigenvalue weighted by atomic mass is 10.4. The van der Waals surface area contributed by atoms with Gasteiger partial charge in [-0.2, -0.15) is 8.68 Å². The fraction of sp³-hybridized carbons (Fsp3) is 0.500. The number of sulfonamides is 1. The van der Waals surface area contributed by atoms with Gasteiger partial charge in [-0.25, -0.2) is 13.2 Å². The van der Waals surface area contributed by atoms with Crippen LogP contribution in [0.25, 0.3) is 0 Å². The number of esters is 1. The van der Waals surface area contributed by atoms with Crippen molar-refractivity contribution in [1.29, 1.82) is 0 Å². The van der Waals surface area contributed by atoms with E-state index in [1.54, 1.807) is 0 Å². The van der Waals surface area contributed by atoms with E-state index >= 15 is 0 Å². The summed E-state index contributed by atoms with van der Waals surface area (Å²) in [5, 5.41) is 9.99. The van der Waals surface area contributed by atoms with Crippen LogP contribution in [0.3, 0.4) is 0 Å².